The summed E-state index contributed by atoms with van der Waals surface area (Å²) in [7, 11) is 0. The molecule has 2 N–H and O–H groups in total. The number of rotatable bonds is 3. The number of hydrogen-bond acceptors (Lipinski definition) is 5. The molecule has 0 aromatic carbocycles. The molecule has 0 aliphatic carbocycles. The minimum Gasteiger partial charge on any atom is -0.444 e. The van der Waals surface area contributed by atoms with Crippen molar-refractivity contribution in [3.8, 4) is 0 Å². The standard InChI is InChI=1S/C15H23N3O3/c1-15(2,3)21-14(20)18-9-12(13(19)10-18)17-8-11-5-4-6-16-7-11/h4-7,12-13,17,19H,8-10H2,1-3H3. The predicted molar refractivity (Wildman–Crippen MR) is 78.7 cm³/mol. The van der Waals surface area contributed by atoms with Crippen LogP contribution in [0, 0.1) is 0 Å². The normalized spacial score (nSPS) is 22.4. The molecule has 1 amide bonds. The molecule has 6 nitrogen and oxygen atoms in total. The molecule has 0 radical (unpaired) electrons. The van der Waals surface area contributed by atoms with Gasteiger partial charge in [0.2, 0.25) is 0 Å². The van der Waals surface area contributed by atoms with Crippen LogP contribution in [0.15, 0.2) is 24.5 Å². The lowest BCUT2D eigenvalue weighted by Gasteiger charge is -2.24. The highest BCUT2D eigenvalue weighted by atomic mass is 16.6. The van der Waals surface area contributed by atoms with Crippen molar-refractivity contribution >= 4 is 6.09 Å². The summed E-state index contributed by atoms with van der Waals surface area (Å²) in [5, 5.41) is 13.3. The van der Waals surface area contributed by atoms with E-state index in [2.05, 4.69) is 10.3 Å². The van der Waals surface area contributed by atoms with E-state index in [1.807, 2.05) is 32.9 Å². The van der Waals surface area contributed by atoms with E-state index >= 15 is 0 Å². The topological polar surface area (TPSA) is 74.7 Å². The van der Waals surface area contributed by atoms with Gasteiger partial charge in [-0.25, -0.2) is 4.79 Å². The molecule has 0 bridgehead atoms. The zero-order valence-electron chi connectivity index (χ0n) is 12.7. The van der Waals surface area contributed by atoms with E-state index in [9.17, 15) is 9.90 Å². The SMILES string of the molecule is CC(C)(C)OC(=O)N1CC(O)C(NCc2cccnc2)C1. The molecule has 21 heavy (non-hydrogen) atoms. The molecular weight excluding hydrogens is 270 g/mol. The molecule has 1 fully saturated rings. The Balaban J connectivity index is 1.85. The molecular formula is C15H23N3O3. The van der Waals surface area contributed by atoms with Gasteiger partial charge in [0.05, 0.1) is 18.7 Å². The van der Waals surface area contributed by atoms with Crippen molar-refractivity contribution in [3.05, 3.63) is 30.1 Å². The van der Waals surface area contributed by atoms with Crippen LogP contribution < -0.4 is 5.32 Å². The van der Waals surface area contributed by atoms with Gasteiger partial charge in [-0.2, -0.15) is 0 Å². The van der Waals surface area contributed by atoms with Crippen LogP contribution in [0.1, 0.15) is 26.3 Å². The molecule has 116 valence electrons. The highest BCUT2D eigenvalue weighted by Gasteiger charge is 2.35. The number of ether oxygens (including phenoxy) is 1. The number of amides is 1. The van der Waals surface area contributed by atoms with Gasteiger partial charge in [-0.1, -0.05) is 6.07 Å². The molecule has 0 spiro atoms. The van der Waals surface area contributed by atoms with Gasteiger partial charge in [-0.3, -0.25) is 4.98 Å². The fourth-order valence-corrected chi connectivity index (χ4v) is 2.21. The molecule has 1 aromatic rings. The highest BCUT2D eigenvalue weighted by Crippen LogP contribution is 2.16. The van der Waals surface area contributed by atoms with Crippen LogP contribution >= 0.6 is 0 Å². The Bertz CT molecular complexity index is 473. The van der Waals surface area contributed by atoms with Crippen molar-refractivity contribution in [2.24, 2.45) is 0 Å². The molecule has 1 aromatic heterocycles. The van der Waals surface area contributed by atoms with Gasteiger partial charge in [0.15, 0.2) is 0 Å². The van der Waals surface area contributed by atoms with Gasteiger partial charge in [0, 0.05) is 25.5 Å². The number of nitrogens with zero attached hydrogens (tertiary/aromatic N) is 2. The molecule has 1 saturated heterocycles. The third-order valence-electron chi connectivity index (χ3n) is 3.23. The van der Waals surface area contributed by atoms with E-state index in [0.717, 1.165) is 5.56 Å². The summed E-state index contributed by atoms with van der Waals surface area (Å²) < 4.78 is 5.32. The molecule has 1 aliphatic heterocycles. The first-order valence-electron chi connectivity index (χ1n) is 7.13. The van der Waals surface area contributed by atoms with E-state index in [-0.39, 0.29) is 12.1 Å². The average Bonchev–Trinajstić information content (AvgIpc) is 2.77. The number of pyridine rings is 1. The van der Waals surface area contributed by atoms with Gasteiger partial charge < -0.3 is 20.1 Å². The number of β-amino-alcohol motifs (C(OH)–C–C–N with tert-alkyl or cyclic N) is 1. The number of carbonyl (C=O) groups is 1. The fraction of sp³-hybridized carbons (Fsp3) is 0.600. The van der Waals surface area contributed by atoms with Crippen molar-refractivity contribution in [1.82, 2.24) is 15.2 Å². The van der Waals surface area contributed by atoms with Crippen molar-refractivity contribution < 1.29 is 14.6 Å². The van der Waals surface area contributed by atoms with Gasteiger partial charge in [-0.05, 0) is 32.4 Å². The third kappa shape index (κ3) is 4.68. The summed E-state index contributed by atoms with van der Waals surface area (Å²) in [6.07, 6.45) is 2.53. The molecule has 2 unspecified atom stereocenters. The van der Waals surface area contributed by atoms with Crippen LogP contribution in [0.5, 0.6) is 0 Å². The first kappa shape index (κ1) is 15.7. The third-order valence-corrected chi connectivity index (χ3v) is 3.23. The first-order chi connectivity index (χ1) is 9.85. The Kier molecular flexibility index (Phi) is 4.80. The lowest BCUT2D eigenvalue weighted by atomic mass is 10.2. The van der Waals surface area contributed by atoms with Gasteiger partial charge in [0.25, 0.3) is 0 Å². The smallest absolute Gasteiger partial charge is 0.410 e. The molecule has 2 heterocycles. The van der Waals surface area contributed by atoms with E-state index in [4.69, 9.17) is 4.74 Å². The summed E-state index contributed by atoms with van der Waals surface area (Å²) >= 11 is 0. The van der Waals surface area contributed by atoms with Crippen molar-refractivity contribution in [2.75, 3.05) is 13.1 Å². The van der Waals surface area contributed by atoms with Crippen molar-refractivity contribution in [2.45, 2.75) is 45.1 Å². The summed E-state index contributed by atoms with van der Waals surface area (Å²) in [6.45, 7) is 6.83. The van der Waals surface area contributed by atoms with Crippen LogP contribution in [-0.4, -0.2) is 51.9 Å². The van der Waals surface area contributed by atoms with Crippen molar-refractivity contribution in [3.63, 3.8) is 0 Å². The minimum atomic E-state index is -0.589. The zero-order chi connectivity index (χ0) is 15.5. The minimum absolute atomic E-state index is 0.155. The zero-order valence-corrected chi connectivity index (χ0v) is 12.7. The van der Waals surface area contributed by atoms with E-state index in [1.165, 1.54) is 4.90 Å². The van der Waals surface area contributed by atoms with Gasteiger partial charge >= 0.3 is 6.09 Å². The Morgan fingerprint density at radius 3 is 2.90 bits per heavy atom. The summed E-state index contributed by atoms with van der Waals surface area (Å²) in [5.41, 5.74) is 0.518. The summed E-state index contributed by atoms with van der Waals surface area (Å²) in [4.78, 5) is 17.6. The number of aromatic nitrogens is 1. The van der Waals surface area contributed by atoms with Crippen LogP contribution in [0.4, 0.5) is 4.79 Å². The molecule has 2 atom stereocenters. The largest absolute Gasteiger partial charge is 0.444 e. The number of likely N-dealkylation sites (tertiary alicyclic amines) is 1. The molecule has 6 heteroatoms. The van der Waals surface area contributed by atoms with E-state index < -0.39 is 11.7 Å². The number of aliphatic hydroxyl groups is 1. The predicted octanol–water partition coefficient (Wildman–Crippen LogP) is 1.15. The molecule has 0 saturated carbocycles. The number of carbonyl (C=O) groups excluding carboxylic acids is 1. The Morgan fingerprint density at radius 2 is 2.29 bits per heavy atom. The fourth-order valence-electron chi connectivity index (χ4n) is 2.21. The second-order valence-electron chi connectivity index (χ2n) is 6.30. The van der Waals surface area contributed by atoms with Crippen molar-refractivity contribution in [1.29, 1.82) is 0 Å². The maximum Gasteiger partial charge on any atom is 0.410 e. The maximum atomic E-state index is 12.0. The maximum absolute atomic E-state index is 12.0. The number of hydrogen-bond donors (Lipinski definition) is 2. The highest BCUT2D eigenvalue weighted by molar-refractivity contribution is 5.68. The second-order valence-corrected chi connectivity index (χ2v) is 6.30. The Morgan fingerprint density at radius 1 is 1.52 bits per heavy atom. The van der Waals surface area contributed by atoms with Crippen LogP contribution in [-0.2, 0) is 11.3 Å². The van der Waals surface area contributed by atoms with Crippen LogP contribution in [0.25, 0.3) is 0 Å². The lowest BCUT2D eigenvalue weighted by Crippen LogP contribution is -2.39. The van der Waals surface area contributed by atoms with E-state index in [1.54, 1.807) is 12.4 Å². The quantitative estimate of drug-likeness (QED) is 0.874. The monoisotopic (exact) mass is 293 g/mol. The number of aliphatic hydroxyl groups excluding tert-OH is 1. The van der Waals surface area contributed by atoms with Gasteiger partial charge in [-0.15, -0.1) is 0 Å². The summed E-state index contributed by atoms with van der Waals surface area (Å²) in [6, 6.07) is 3.68. The first-order valence-corrected chi connectivity index (χ1v) is 7.13. The lowest BCUT2D eigenvalue weighted by molar-refractivity contribution is 0.0270. The van der Waals surface area contributed by atoms with Crippen LogP contribution in [0.2, 0.25) is 0 Å². The second kappa shape index (κ2) is 6.41. The Labute approximate surface area is 125 Å². The van der Waals surface area contributed by atoms with E-state index in [0.29, 0.717) is 19.6 Å². The average molecular weight is 293 g/mol. The molecule has 1 aliphatic rings. The molecule has 2 rings (SSSR count). The number of nitrogens with one attached hydrogen (secondary N) is 1. The Hall–Kier alpha value is -1.66. The van der Waals surface area contributed by atoms with Crippen LogP contribution in [0.3, 0.4) is 0 Å². The van der Waals surface area contributed by atoms with Gasteiger partial charge in [0.1, 0.15) is 5.60 Å². The summed E-state index contributed by atoms with van der Waals surface area (Å²) in [5.74, 6) is 0.